The molecule has 0 rings (SSSR count). The molecule has 0 spiro atoms. The summed E-state index contributed by atoms with van der Waals surface area (Å²) >= 11 is 8.38. The number of thiol groups is 1. The predicted octanol–water partition coefficient (Wildman–Crippen LogP) is 2.71. The Balaban J connectivity index is 0. The second kappa shape index (κ2) is 10.5. The molecular formula is C8H13NOS2. The molecule has 2 nitrogen and oxygen atoms in total. The second-order valence-corrected chi connectivity index (χ2v) is 3.02. The van der Waals surface area contributed by atoms with Gasteiger partial charge in [-0.1, -0.05) is 26.1 Å². The molecule has 0 aromatic rings. The first kappa shape index (κ1) is 14.0. The smallest absolute Gasteiger partial charge is 0.217 e. The number of allylic oxidation sites excluding steroid dienone is 1. The summed E-state index contributed by atoms with van der Waals surface area (Å²) in [6, 6.07) is 1.69. The van der Waals surface area contributed by atoms with Gasteiger partial charge in [0.2, 0.25) is 4.38 Å². The minimum Gasteiger partial charge on any atom is -0.476 e. The lowest BCUT2D eigenvalue weighted by molar-refractivity contribution is 0.217. The fourth-order valence-corrected chi connectivity index (χ4v) is 0.600. The van der Waals surface area contributed by atoms with E-state index < -0.39 is 0 Å². The summed E-state index contributed by atoms with van der Waals surface area (Å²) in [6.07, 6.45) is 2.36. The Morgan fingerprint density at radius 2 is 2.33 bits per heavy atom. The van der Waals surface area contributed by atoms with Gasteiger partial charge in [-0.2, -0.15) is 5.26 Å². The van der Waals surface area contributed by atoms with E-state index in [0.29, 0.717) is 4.38 Å². The first-order valence-corrected chi connectivity index (χ1v) is 4.34. The molecule has 68 valence electrons. The van der Waals surface area contributed by atoms with Crippen molar-refractivity contribution in [1.82, 2.24) is 0 Å². The maximum absolute atomic E-state index is 7.51. The number of thiocarbonyl (C=S) groups is 1. The molecule has 0 aliphatic carbocycles. The van der Waals surface area contributed by atoms with Gasteiger partial charge in [0.25, 0.3) is 0 Å². The van der Waals surface area contributed by atoms with Gasteiger partial charge in [0.15, 0.2) is 0 Å². The number of hydrogen-bond acceptors (Lipinski definition) is 3. The van der Waals surface area contributed by atoms with Crippen LogP contribution < -0.4 is 0 Å². The molecule has 0 bridgehead atoms. The third-order valence-corrected chi connectivity index (χ3v) is 1.17. The summed E-state index contributed by atoms with van der Waals surface area (Å²) < 4.78 is 5.33. The van der Waals surface area contributed by atoms with Gasteiger partial charge in [-0.3, -0.25) is 0 Å². The van der Waals surface area contributed by atoms with E-state index >= 15 is 0 Å². The largest absolute Gasteiger partial charge is 0.476 e. The van der Waals surface area contributed by atoms with E-state index in [9.17, 15) is 0 Å². The average Bonchev–Trinajstić information content (AvgIpc) is 2.04. The molecule has 0 saturated carbocycles. The van der Waals surface area contributed by atoms with Crippen LogP contribution in [0.5, 0.6) is 0 Å². The quantitative estimate of drug-likeness (QED) is 0.425. The highest BCUT2D eigenvalue weighted by Gasteiger charge is 1.97. The van der Waals surface area contributed by atoms with Gasteiger partial charge in [0.1, 0.15) is 0 Å². The Kier molecular flexibility index (Phi) is 12.2. The van der Waals surface area contributed by atoms with Gasteiger partial charge in [0.05, 0.1) is 12.2 Å². The zero-order valence-electron chi connectivity index (χ0n) is 7.28. The van der Waals surface area contributed by atoms with E-state index in [1.165, 1.54) is 6.08 Å². The number of nitrogens with zero attached hydrogens (tertiary/aromatic N) is 1. The van der Waals surface area contributed by atoms with Crippen LogP contribution in [0.25, 0.3) is 0 Å². The maximum Gasteiger partial charge on any atom is 0.217 e. The summed E-state index contributed by atoms with van der Waals surface area (Å²) in [7, 11) is 0. The molecule has 0 aliphatic heterocycles. The first-order valence-electron chi connectivity index (χ1n) is 3.48. The molecule has 4 heteroatoms. The van der Waals surface area contributed by atoms with E-state index in [1.807, 2.05) is 13.8 Å². The van der Waals surface area contributed by atoms with Crippen LogP contribution >= 0.6 is 24.8 Å². The number of nitriles is 1. The Morgan fingerprint density at radius 1 is 1.92 bits per heavy atom. The van der Waals surface area contributed by atoms with Crippen LogP contribution in [0.1, 0.15) is 20.3 Å². The molecule has 0 fully saturated rings. The van der Waals surface area contributed by atoms with Gasteiger partial charge in [-0.15, -0.1) is 0 Å². The third kappa shape index (κ3) is 16.2. The highest BCUT2D eigenvalue weighted by molar-refractivity contribution is 8.10. The Morgan fingerprint density at radius 3 is 2.42 bits per heavy atom. The third-order valence-electron chi connectivity index (χ3n) is 0.968. The van der Waals surface area contributed by atoms with Crippen LogP contribution in [0.2, 0.25) is 0 Å². The standard InChI is InChI=1S/C5H10OS2.C3H3N/c1-3-4(2)6-5(7)8;1-2-3-4/h4H,3H2,1-2H3,(H,7,8);2H,1H2. The van der Waals surface area contributed by atoms with E-state index in [1.54, 1.807) is 6.07 Å². The minimum absolute atomic E-state index is 0.208. The van der Waals surface area contributed by atoms with Gasteiger partial charge in [0, 0.05) is 6.08 Å². The SMILES string of the molecule is C=CC#N.CCC(C)OC(=S)S. The Labute approximate surface area is 84.6 Å². The molecule has 0 aromatic carbocycles. The van der Waals surface area contributed by atoms with Crippen LogP contribution in [0.15, 0.2) is 12.7 Å². The van der Waals surface area contributed by atoms with Crippen molar-refractivity contribution in [1.29, 1.82) is 5.26 Å². The highest BCUT2D eigenvalue weighted by atomic mass is 32.1. The van der Waals surface area contributed by atoms with Crippen LogP contribution in [-0.2, 0) is 4.74 Å². The van der Waals surface area contributed by atoms with Gasteiger partial charge < -0.3 is 4.74 Å². The zero-order valence-corrected chi connectivity index (χ0v) is 8.99. The van der Waals surface area contributed by atoms with Crippen molar-refractivity contribution in [2.24, 2.45) is 0 Å². The lowest BCUT2D eigenvalue weighted by Crippen LogP contribution is -2.07. The first-order chi connectivity index (χ1) is 5.58. The molecule has 12 heavy (non-hydrogen) atoms. The van der Waals surface area contributed by atoms with E-state index in [4.69, 9.17) is 10.00 Å². The van der Waals surface area contributed by atoms with Crippen molar-refractivity contribution in [3.8, 4) is 6.07 Å². The van der Waals surface area contributed by atoms with Gasteiger partial charge >= 0.3 is 0 Å². The minimum atomic E-state index is 0.208. The molecule has 1 unspecified atom stereocenters. The second-order valence-electron chi connectivity index (χ2n) is 1.94. The van der Waals surface area contributed by atoms with Crippen molar-refractivity contribution in [2.45, 2.75) is 26.4 Å². The molecule has 1 atom stereocenters. The van der Waals surface area contributed by atoms with Crippen molar-refractivity contribution in [3.05, 3.63) is 12.7 Å². The average molecular weight is 203 g/mol. The normalized spacial score (nSPS) is 9.83. The summed E-state index contributed by atoms with van der Waals surface area (Å²) in [4.78, 5) is 0. The van der Waals surface area contributed by atoms with Gasteiger partial charge in [-0.25, -0.2) is 0 Å². The molecular weight excluding hydrogens is 190 g/mol. The maximum atomic E-state index is 7.51. The number of rotatable bonds is 2. The fraction of sp³-hybridized carbons (Fsp3) is 0.500. The molecule has 0 radical (unpaired) electrons. The lowest BCUT2D eigenvalue weighted by Gasteiger charge is -2.08. The molecule has 0 aliphatic rings. The lowest BCUT2D eigenvalue weighted by atomic mass is 10.3. The van der Waals surface area contributed by atoms with Crippen molar-refractivity contribution in [3.63, 3.8) is 0 Å². The topological polar surface area (TPSA) is 33.0 Å². The van der Waals surface area contributed by atoms with Crippen LogP contribution in [0.4, 0.5) is 0 Å². The van der Waals surface area contributed by atoms with E-state index in [2.05, 4.69) is 31.4 Å². The molecule has 0 amide bonds. The summed E-state index contributed by atoms with van der Waals surface area (Å²) in [5.41, 5.74) is 0. The number of hydrogen-bond donors (Lipinski definition) is 1. The molecule has 0 aromatic heterocycles. The monoisotopic (exact) mass is 203 g/mol. The van der Waals surface area contributed by atoms with E-state index in [-0.39, 0.29) is 6.10 Å². The van der Waals surface area contributed by atoms with Crippen molar-refractivity contribution >= 4 is 29.2 Å². The molecule has 0 N–H and O–H groups in total. The van der Waals surface area contributed by atoms with Gasteiger partial charge in [-0.05, 0) is 25.6 Å². The van der Waals surface area contributed by atoms with Crippen LogP contribution in [-0.4, -0.2) is 10.5 Å². The highest BCUT2D eigenvalue weighted by Crippen LogP contribution is 1.98. The molecule has 0 heterocycles. The number of ether oxygens (including phenoxy) is 1. The summed E-state index contributed by atoms with van der Waals surface area (Å²) in [5.74, 6) is 0. The van der Waals surface area contributed by atoms with Crippen LogP contribution in [0, 0.1) is 11.3 Å². The molecule has 0 saturated heterocycles. The Bertz CT molecular complexity index is 174. The Hall–Kier alpha value is -0.530. The summed E-state index contributed by atoms with van der Waals surface area (Å²) in [6.45, 7) is 7.12. The zero-order chi connectivity index (χ0) is 9.98. The predicted molar refractivity (Wildman–Crippen MR) is 58.2 cm³/mol. The van der Waals surface area contributed by atoms with Crippen molar-refractivity contribution in [2.75, 3.05) is 0 Å². The van der Waals surface area contributed by atoms with E-state index in [0.717, 1.165) is 6.42 Å². The fourth-order valence-electron chi connectivity index (χ4n) is 0.255. The summed E-state index contributed by atoms with van der Waals surface area (Å²) in [5, 5.41) is 7.51. The van der Waals surface area contributed by atoms with Crippen LogP contribution in [0.3, 0.4) is 0 Å². The van der Waals surface area contributed by atoms with Crippen molar-refractivity contribution < 1.29 is 4.74 Å².